The topological polar surface area (TPSA) is 39.2 Å². The molecule has 1 aromatic rings. The number of aryl methyl sites for hydroxylation is 1. The molecule has 3 nitrogen and oxygen atoms in total. The van der Waals surface area contributed by atoms with Gasteiger partial charge in [-0.2, -0.15) is 0 Å². The van der Waals surface area contributed by atoms with Crippen LogP contribution in [0.2, 0.25) is 0 Å². The van der Waals surface area contributed by atoms with Gasteiger partial charge in [-0.3, -0.25) is 9.78 Å². The quantitative estimate of drug-likeness (QED) is 0.689. The van der Waals surface area contributed by atoms with E-state index in [0.717, 1.165) is 18.5 Å². The lowest BCUT2D eigenvalue weighted by molar-refractivity contribution is -0.147. The van der Waals surface area contributed by atoms with Crippen LogP contribution in [0.3, 0.4) is 0 Å². The summed E-state index contributed by atoms with van der Waals surface area (Å²) in [5, 5.41) is 0. The molecule has 3 heteroatoms. The molecule has 15 heavy (non-hydrogen) atoms. The van der Waals surface area contributed by atoms with E-state index in [1.165, 1.54) is 11.1 Å². The first-order chi connectivity index (χ1) is 7.22. The van der Waals surface area contributed by atoms with Gasteiger partial charge >= 0.3 is 5.97 Å². The second kappa shape index (κ2) is 4.01. The Kier molecular flexibility index (Phi) is 2.71. The second-order valence-corrected chi connectivity index (χ2v) is 3.91. The number of fused-ring (bicyclic) bond motifs is 1. The average molecular weight is 205 g/mol. The third-order valence-corrected chi connectivity index (χ3v) is 2.89. The van der Waals surface area contributed by atoms with Crippen LogP contribution in [0.1, 0.15) is 23.7 Å². The van der Waals surface area contributed by atoms with E-state index in [9.17, 15) is 4.79 Å². The summed E-state index contributed by atoms with van der Waals surface area (Å²) >= 11 is 0. The first kappa shape index (κ1) is 10.1. The maximum atomic E-state index is 11.6. The highest BCUT2D eigenvalue weighted by atomic mass is 16.5. The van der Waals surface area contributed by atoms with Gasteiger partial charge in [0, 0.05) is 18.3 Å². The van der Waals surface area contributed by atoms with Crippen LogP contribution < -0.4 is 0 Å². The Morgan fingerprint density at radius 3 is 3.07 bits per heavy atom. The number of carbonyl (C=O) groups excluding carboxylic acids is 1. The van der Waals surface area contributed by atoms with Crippen molar-refractivity contribution in [2.75, 3.05) is 6.61 Å². The van der Waals surface area contributed by atoms with Gasteiger partial charge in [-0.1, -0.05) is 0 Å². The molecule has 1 atom stereocenters. The number of pyridine rings is 1. The Labute approximate surface area is 89.5 Å². The second-order valence-electron chi connectivity index (χ2n) is 3.91. The number of rotatable bonds is 2. The van der Waals surface area contributed by atoms with Gasteiger partial charge in [-0.15, -0.1) is 0 Å². The van der Waals surface area contributed by atoms with Crippen molar-refractivity contribution in [3.8, 4) is 0 Å². The summed E-state index contributed by atoms with van der Waals surface area (Å²) in [4.78, 5) is 15.9. The zero-order valence-corrected chi connectivity index (χ0v) is 9.12. The van der Waals surface area contributed by atoms with Crippen molar-refractivity contribution >= 4 is 5.97 Å². The van der Waals surface area contributed by atoms with E-state index in [-0.39, 0.29) is 11.9 Å². The summed E-state index contributed by atoms with van der Waals surface area (Å²) in [5.41, 5.74) is 3.52. The standard InChI is InChI=1S/C12H15NO2/c1-3-15-12(14)9-6-10-8(2)4-5-13-11(10)7-9/h4-5,9H,3,6-7H2,1-2H3. The van der Waals surface area contributed by atoms with Gasteiger partial charge in [-0.25, -0.2) is 0 Å². The maximum absolute atomic E-state index is 11.6. The van der Waals surface area contributed by atoms with Crippen LogP contribution in [-0.2, 0) is 22.4 Å². The van der Waals surface area contributed by atoms with Gasteiger partial charge in [0.25, 0.3) is 0 Å². The molecular formula is C12H15NO2. The first-order valence-electron chi connectivity index (χ1n) is 5.32. The summed E-state index contributed by atoms with van der Waals surface area (Å²) in [7, 11) is 0. The van der Waals surface area contributed by atoms with E-state index in [0.29, 0.717) is 6.61 Å². The van der Waals surface area contributed by atoms with Crippen molar-refractivity contribution in [3.05, 3.63) is 29.1 Å². The number of hydrogen-bond acceptors (Lipinski definition) is 3. The third-order valence-electron chi connectivity index (χ3n) is 2.89. The molecule has 1 aliphatic rings. The molecule has 80 valence electrons. The lowest BCUT2D eigenvalue weighted by Crippen LogP contribution is -2.17. The van der Waals surface area contributed by atoms with Crippen LogP contribution in [0.5, 0.6) is 0 Å². The molecule has 0 fully saturated rings. The number of nitrogens with zero attached hydrogens (tertiary/aromatic N) is 1. The molecule has 1 aliphatic carbocycles. The average Bonchev–Trinajstić information content (AvgIpc) is 2.63. The molecule has 1 aromatic heterocycles. The van der Waals surface area contributed by atoms with E-state index in [1.807, 2.05) is 19.2 Å². The van der Waals surface area contributed by atoms with Gasteiger partial charge in [0.1, 0.15) is 0 Å². The molecular weight excluding hydrogens is 190 g/mol. The van der Waals surface area contributed by atoms with E-state index in [1.54, 1.807) is 0 Å². The summed E-state index contributed by atoms with van der Waals surface area (Å²) in [6.07, 6.45) is 3.32. The fourth-order valence-corrected chi connectivity index (χ4v) is 2.08. The molecule has 0 saturated carbocycles. The van der Waals surface area contributed by atoms with Crippen LogP contribution >= 0.6 is 0 Å². The number of carbonyl (C=O) groups is 1. The Hall–Kier alpha value is -1.38. The van der Waals surface area contributed by atoms with Gasteiger partial charge < -0.3 is 4.74 Å². The minimum Gasteiger partial charge on any atom is -0.466 e. The van der Waals surface area contributed by atoms with Crippen molar-refractivity contribution in [1.29, 1.82) is 0 Å². The van der Waals surface area contributed by atoms with Crippen molar-refractivity contribution in [1.82, 2.24) is 4.98 Å². The van der Waals surface area contributed by atoms with Crippen molar-refractivity contribution in [2.45, 2.75) is 26.7 Å². The highest BCUT2D eigenvalue weighted by Gasteiger charge is 2.30. The Morgan fingerprint density at radius 1 is 1.60 bits per heavy atom. The molecule has 2 rings (SSSR count). The van der Waals surface area contributed by atoms with E-state index >= 15 is 0 Å². The van der Waals surface area contributed by atoms with Crippen LogP contribution in [0.15, 0.2) is 12.3 Å². The van der Waals surface area contributed by atoms with Crippen LogP contribution in [0.25, 0.3) is 0 Å². The molecule has 0 N–H and O–H groups in total. The Bertz CT molecular complexity index is 387. The number of ether oxygens (including phenoxy) is 1. The van der Waals surface area contributed by atoms with Crippen molar-refractivity contribution < 1.29 is 9.53 Å². The normalized spacial score (nSPS) is 18.7. The van der Waals surface area contributed by atoms with Crippen LogP contribution in [-0.4, -0.2) is 17.6 Å². The van der Waals surface area contributed by atoms with Gasteiger partial charge in [-0.05, 0) is 37.5 Å². The Morgan fingerprint density at radius 2 is 2.40 bits per heavy atom. The predicted molar refractivity (Wildman–Crippen MR) is 56.5 cm³/mol. The highest BCUT2D eigenvalue weighted by Crippen LogP contribution is 2.28. The monoisotopic (exact) mass is 205 g/mol. The maximum Gasteiger partial charge on any atom is 0.309 e. The lowest BCUT2D eigenvalue weighted by atomic mass is 10.1. The molecule has 1 unspecified atom stereocenters. The fraction of sp³-hybridized carbons (Fsp3) is 0.500. The molecule has 0 saturated heterocycles. The molecule has 0 spiro atoms. The van der Waals surface area contributed by atoms with Crippen molar-refractivity contribution in [2.24, 2.45) is 5.92 Å². The fourth-order valence-electron chi connectivity index (χ4n) is 2.08. The number of aromatic nitrogens is 1. The van der Waals surface area contributed by atoms with Gasteiger partial charge in [0.2, 0.25) is 0 Å². The summed E-state index contributed by atoms with van der Waals surface area (Å²) in [6, 6.07) is 1.99. The van der Waals surface area contributed by atoms with Crippen molar-refractivity contribution in [3.63, 3.8) is 0 Å². The SMILES string of the molecule is CCOC(=O)C1Cc2nccc(C)c2C1. The molecule has 0 aromatic carbocycles. The highest BCUT2D eigenvalue weighted by molar-refractivity contribution is 5.74. The van der Waals surface area contributed by atoms with Crippen LogP contribution in [0.4, 0.5) is 0 Å². The third kappa shape index (κ3) is 1.87. The van der Waals surface area contributed by atoms with Gasteiger partial charge in [0.15, 0.2) is 0 Å². The van der Waals surface area contributed by atoms with E-state index in [4.69, 9.17) is 4.74 Å². The molecule has 1 heterocycles. The molecule has 0 aliphatic heterocycles. The van der Waals surface area contributed by atoms with Crippen LogP contribution in [0, 0.1) is 12.8 Å². The molecule has 0 amide bonds. The Balaban J connectivity index is 2.15. The van der Waals surface area contributed by atoms with Gasteiger partial charge in [0.05, 0.1) is 12.5 Å². The van der Waals surface area contributed by atoms with E-state index in [2.05, 4.69) is 11.9 Å². The summed E-state index contributed by atoms with van der Waals surface area (Å²) in [5.74, 6) is -0.108. The zero-order valence-electron chi connectivity index (χ0n) is 9.12. The minimum absolute atomic E-state index is 0.0199. The smallest absolute Gasteiger partial charge is 0.309 e. The summed E-state index contributed by atoms with van der Waals surface area (Å²) < 4.78 is 5.03. The number of hydrogen-bond donors (Lipinski definition) is 0. The van der Waals surface area contributed by atoms with E-state index < -0.39 is 0 Å². The predicted octanol–water partition coefficient (Wildman–Crippen LogP) is 1.67. The first-order valence-corrected chi connectivity index (χ1v) is 5.32. The lowest BCUT2D eigenvalue weighted by Gasteiger charge is -2.06. The molecule has 0 radical (unpaired) electrons. The number of esters is 1. The largest absolute Gasteiger partial charge is 0.466 e. The zero-order chi connectivity index (χ0) is 10.8. The minimum atomic E-state index is -0.0881. The summed E-state index contributed by atoms with van der Waals surface area (Å²) in [6.45, 7) is 4.36. The molecule has 0 bridgehead atoms.